The monoisotopic (exact) mass is 246 g/mol. The molecule has 3 nitrogen and oxygen atoms in total. The van der Waals surface area contributed by atoms with Crippen molar-refractivity contribution >= 4 is 5.97 Å². The maximum atomic E-state index is 11.6. The lowest BCUT2D eigenvalue weighted by Gasteiger charge is -2.47. The fourth-order valence-electron chi connectivity index (χ4n) is 3.44. The first kappa shape index (κ1) is 11.7. The van der Waals surface area contributed by atoms with Gasteiger partial charge in [-0.2, -0.15) is 0 Å². The van der Waals surface area contributed by atoms with Crippen molar-refractivity contribution < 1.29 is 14.6 Å². The maximum absolute atomic E-state index is 11.6. The SMILES string of the molecule is C=C1CC[C@@H](O)[C@]2(C)C=C3OC(=O)C(C)=C3C[C@@H]12. The molecule has 1 heterocycles. The number of carbonyl (C=O) groups is 1. The van der Waals surface area contributed by atoms with Gasteiger partial charge in [0.15, 0.2) is 0 Å². The molecule has 0 unspecified atom stereocenters. The van der Waals surface area contributed by atoms with Crippen molar-refractivity contribution in [2.45, 2.75) is 39.2 Å². The molecule has 0 radical (unpaired) electrons. The van der Waals surface area contributed by atoms with Crippen LogP contribution in [0.5, 0.6) is 0 Å². The summed E-state index contributed by atoms with van der Waals surface area (Å²) in [6.45, 7) is 8.00. The van der Waals surface area contributed by atoms with Crippen molar-refractivity contribution in [1.82, 2.24) is 0 Å². The minimum absolute atomic E-state index is 0.212. The summed E-state index contributed by atoms with van der Waals surface area (Å²) in [6, 6.07) is 0. The molecule has 0 aromatic carbocycles. The van der Waals surface area contributed by atoms with Crippen LogP contribution in [0.2, 0.25) is 0 Å². The zero-order chi connectivity index (χ0) is 13.1. The van der Waals surface area contributed by atoms with Crippen LogP contribution in [0.1, 0.15) is 33.1 Å². The predicted molar refractivity (Wildman–Crippen MR) is 67.5 cm³/mol. The van der Waals surface area contributed by atoms with Crippen molar-refractivity contribution in [3.05, 3.63) is 35.1 Å². The molecule has 1 aliphatic heterocycles. The van der Waals surface area contributed by atoms with Crippen LogP contribution in [0.25, 0.3) is 0 Å². The third-order valence-electron chi connectivity index (χ3n) is 4.81. The van der Waals surface area contributed by atoms with E-state index in [1.54, 1.807) is 0 Å². The first-order valence-corrected chi connectivity index (χ1v) is 6.44. The zero-order valence-electron chi connectivity index (χ0n) is 10.8. The van der Waals surface area contributed by atoms with Crippen molar-refractivity contribution in [3.63, 3.8) is 0 Å². The van der Waals surface area contributed by atoms with Gasteiger partial charge in [-0.1, -0.05) is 19.1 Å². The molecule has 0 aromatic rings. The molecule has 1 saturated carbocycles. The Morgan fingerprint density at radius 3 is 3.00 bits per heavy atom. The molecular weight excluding hydrogens is 228 g/mol. The molecule has 1 N–H and O–H groups in total. The van der Waals surface area contributed by atoms with Crippen molar-refractivity contribution in [2.24, 2.45) is 11.3 Å². The van der Waals surface area contributed by atoms with E-state index in [0.717, 1.165) is 24.8 Å². The summed E-state index contributed by atoms with van der Waals surface area (Å²) >= 11 is 0. The van der Waals surface area contributed by atoms with Gasteiger partial charge in [0.25, 0.3) is 0 Å². The summed E-state index contributed by atoms with van der Waals surface area (Å²) < 4.78 is 5.28. The van der Waals surface area contributed by atoms with E-state index in [2.05, 4.69) is 6.58 Å². The van der Waals surface area contributed by atoms with Gasteiger partial charge in [-0.25, -0.2) is 4.79 Å². The summed E-state index contributed by atoms with van der Waals surface area (Å²) in [5.41, 5.74) is 2.53. The summed E-state index contributed by atoms with van der Waals surface area (Å²) in [4.78, 5) is 11.6. The molecular formula is C15H18O3. The number of rotatable bonds is 0. The van der Waals surface area contributed by atoms with Gasteiger partial charge in [0, 0.05) is 16.6 Å². The van der Waals surface area contributed by atoms with Gasteiger partial charge < -0.3 is 9.84 Å². The predicted octanol–water partition coefficient (Wildman–Crippen LogP) is 2.48. The number of aliphatic hydroxyl groups is 1. The van der Waals surface area contributed by atoms with Crippen molar-refractivity contribution in [3.8, 4) is 0 Å². The number of esters is 1. The van der Waals surface area contributed by atoms with Gasteiger partial charge >= 0.3 is 5.97 Å². The van der Waals surface area contributed by atoms with E-state index >= 15 is 0 Å². The van der Waals surface area contributed by atoms with Crippen LogP contribution >= 0.6 is 0 Å². The van der Waals surface area contributed by atoms with Gasteiger partial charge in [-0.05, 0) is 38.2 Å². The van der Waals surface area contributed by atoms with E-state index in [1.165, 1.54) is 5.57 Å². The Hall–Kier alpha value is -1.35. The molecule has 0 spiro atoms. The molecule has 0 saturated heterocycles. The number of aliphatic hydroxyl groups excluding tert-OH is 1. The van der Waals surface area contributed by atoms with E-state index in [4.69, 9.17) is 4.74 Å². The molecule has 1 fully saturated rings. The van der Waals surface area contributed by atoms with E-state index < -0.39 is 0 Å². The quantitative estimate of drug-likeness (QED) is 0.527. The second-order valence-corrected chi connectivity index (χ2v) is 5.84. The molecule has 3 heteroatoms. The van der Waals surface area contributed by atoms with Crippen LogP contribution in [0.3, 0.4) is 0 Å². The Balaban J connectivity index is 2.12. The molecule has 2 aliphatic carbocycles. The normalized spacial score (nSPS) is 39.2. The zero-order valence-corrected chi connectivity index (χ0v) is 10.8. The molecule has 0 aromatic heterocycles. The second-order valence-electron chi connectivity index (χ2n) is 5.84. The van der Waals surface area contributed by atoms with Crippen molar-refractivity contribution in [2.75, 3.05) is 0 Å². The highest BCUT2D eigenvalue weighted by atomic mass is 16.5. The number of carbonyl (C=O) groups excluding carboxylic acids is 1. The summed E-state index contributed by atoms with van der Waals surface area (Å²) in [5.74, 6) is 0.619. The Labute approximate surface area is 107 Å². The van der Waals surface area contributed by atoms with Crippen LogP contribution in [-0.2, 0) is 9.53 Å². The number of fused-ring (bicyclic) bond motifs is 2. The highest BCUT2D eigenvalue weighted by Gasteiger charge is 2.49. The Kier molecular flexibility index (Phi) is 2.33. The number of allylic oxidation sites excluding steroid dienone is 2. The van der Waals surface area contributed by atoms with E-state index in [0.29, 0.717) is 11.3 Å². The average molecular weight is 246 g/mol. The fraction of sp³-hybridized carbons (Fsp3) is 0.533. The van der Waals surface area contributed by atoms with Gasteiger partial charge in [-0.3, -0.25) is 0 Å². The highest BCUT2D eigenvalue weighted by molar-refractivity contribution is 5.94. The summed E-state index contributed by atoms with van der Waals surface area (Å²) in [6.07, 6.45) is 3.92. The summed E-state index contributed by atoms with van der Waals surface area (Å²) in [5, 5.41) is 10.3. The first-order valence-electron chi connectivity index (χ1n) is 6.44. The largest absolute Gasteiger partial charge is 0.423 e. The van der Waals surface area contributed by atoms with Gasteiger partial charge in [0.2, 0.25) is 0 Å². The maximum Gasteiger partial charge on any atom is 0.339 e. The Morgan fingerprint density at radius 2 is 2.28 bits per heavy atom. The van der Waals surface area contributed by atoms with Crippen molar-refractivity contribution in [1.29, 1.82) is 0 Å². The van der Waals surface area contributed by atoms with Crippen LogP contribution in [0, 0.1) is 11.3 Å². The lowest BCUT2D eigenvalue weighted by molar-refractivity contribution is -0.133. The topological polar surface area (TPSA) is 46.5 Å². The average Bonchev–Trinajstić information content (AvgIpc) is 2.58. The second kappa shape index (κ2) is 3.58. The van der Waals surface area contributed by atoms with Gasteiger partial charge in [0.05, 0.1) is 6.10 Å². The van der Waals surface area contributed by atoms with Crippen LogP contribution in [0.15, 0.2) is 35.1 Å². The number of ether oxygens (including phenoxy) is 1. The Morgan fingerprint density at radius 1 is 1.56 bits per heavy atom. The molecule has 0 bridgehead atoms. The third kappa shape index (κ3) is 1.37. The van der Waals surface area contributed by atoms with Gasteiger partial charge in [-0.15, -0.1) is 0 Å². The van der Waals surface area contributed by atoms with E-state index in [-0.39, 0.29) is 23.4 Å². The number of hydrogen-bond donors (Lipinski definition) is 1. The fourth-order valence-corrected chi connectivity index (χ4v) is 3.44. The Bertz CT molecular complexity index is 512. The van der Waals surface area contributed by atoms with E-state index in [1.807, 2.05) is 19.9 Å². The molecule has 3 atom stereocenters. The minimum atomic E-state index is -0.387. The summed E-state index contributed by atoms with van der Waals surface area (Å²) in [7, 11) is 0. The molecule has 3 rings (SSSR count). The van der Waals surface area contributed by atoms with E-state index in [9.17, 15) is 9.90 Å². The third-order valence-corrected chi connectivity index (χ3v) is 4.81. The smallest absolute Gasteiger partial charge is 0.339 e. The highest BCUT2D eigenvalue weighted by Crippen LogP contribution is 2.53. The lowest BCUT2D eigenvalue weighted by atomic mass is 9.59. The lowest BCUT2D eigenvalue weighted by Crippen LogP contribution is -2.44. The number of hydrogen-bond acceptors (Lipinski definition) is 3. The van der Waals surface area contributed by atoms with Gasteiger partial charge in [0.1, 0.15) is 5.76 Å². The molecule has 18 heavy (non-hydrogen) atoms. The van der Waals surface area contributed by atoms with Crippen LogP contribution < -0.4 is 0 Å². The standard InChI is InChI=1S/C15H18O3/c1-8-4-5-13(16)15(3)7-12-10(6-11(8)15)9(2)14(17)18-12/h7,11,13,16H,1,4-6H2,2-3H3/t11-,13+,15+/m0/s1. The minimum Gasteiger partial charge on any atom is -0.423 e. The van der Waals surface area contributed by atoms with Crippen LogP contribution in [0.4, 0.5) is 0 Å². The molecule has 3 aliphatic rings. The van der Waals surface area contributed by atoms with Crippen LogP contribution in [-0.4, -0.2) is 17.2 Å². The molecule has 96 valence electrons. The molecule has 0 amide bonds. The first-order chi connectivity index (χ1) is 8.43.